The van der Waals surface area contributed by atoms with Gasteiger partial charge in [0.1, 0.15) is 0 Å². The van der Waals surface area contributed by atoms with Crippen molar-refractivity contribution < 1.29 is 9.32 Å². The van der Waals surface area contributed by atoms with Crippen LogP contribution in [0.5, 0.6) is 0 Å². The lowest BCUT2D eigenvalue weighted by atomic mass is 10.1. The molecule has 4 rings (SSSR count). The van der Waals surface area contributed by atoms with E-state index in [1.54, 1.807) is 24.7 Å². The van der Waals surface area contributed by atoms with Crippen molar-refractivity contribution in [3.8, 4) is 11.4 Å². The molecular weight excluding hydrogens is 378 g/mol. The third-order valence-corrected chi connectivity index (χ3v) is 4.38. The monoisotopic (exact) mass is 393 g/mol. The van der Waals surface area contributed by atoms with Gasteiger partial charge in [-0.3, -0.25) is 4.79 Å². The Morgan fingerprint density at radius 2 is 1.82 bits per heavy atom. The second kappa shape index (κ2) is 8.06. The van der Waals surface area contributed by atoms with Crippen molar-refractivity contribution in [3.63, 3.8) is 0 Å². The van der Waals surface area contributed by atoms with Gasteiger partial charge in [-0.2, -0.15) is 4.98 Å². The summed E-state index contributed by atoms with van der Waals surface area (Å²) >= 11 is 5.85. The molecule has 7 nitrogen and oxygen atoms in total. The van der Waals surface area contributed by atoms with Crippen LogP contribution < -0.4 is 5.32 Å². The van der Waals surface area contributed by atoms with Gasteiger partial charge < -0.3 is 14.4 Å². The van der Waals surface area contributed by atoms with Crippen molar-refractivity contribution in [3.05, 3.63) is 89.3 Å². The molecule has 4 aromatic rings. The standard InChI is InChI=1S/C20H16ClN5O2/c21-17-7-3-14(4-8-17)11-23-19(27)20-24-18(25-28-20)16-5-1-15(2-6-16)12-26-10-9-22-13-26/h1-10,13H,11-12H2,(H,23,27). The van der Waals surface area contributed by atoms with Gasteiger partial charge in [0.15, 0.2) is 0 Å². The van der Waals surface area contributed by atoms with Crippen LogP contribution in [0.3, 0.4) is 0 Å². The maximum absolute atomic E-state index is 12.2. The Balaban J connectivity index is 1.39. The average molecular weight is 394 g/mol. The molecule has 0 aliphatic rings. The summed E-state index contributed by atoms with van der Waals surface area (Å²) in [6.45, 7) is 1.07. The van der Waals surface area contributed by atoms with Crippen molar-refractivity contribution in [2.24, 2.45) is 0 Å². The number of aromatic nitrogens is 4. The van der Waals surface area contributed by atoms with E-state index in [-0.39, 0.29) is 5.89 Å². The zero-order chi connectivity index (χ0) is 19.3. The second-order valence-electron chi connectivity index (χ2n) is 6.16. The van der Waals surface area contributed by atoms with E-state index in [2.05, 4.69) is 20.4 Å². The number of imidazole rings is 1. The fourth-order valence-electron chi connectivity index (χ4n) is 2.64. The molecule has 0 spiro atoms. The van der Waals surface area contributed by atoms with Crippen molar-refractivity contribution >= 4 is 17.5 Å². The molecule has 2 heterocycles. The Morgan fingerprint density at radius 1 is 1.07 bits per heavy atom. The van der Waals surface area contributed by atoms with Crippen molar-refractivity contribution in [1.82, 2.24) is 25.0 Å². The molecule has 0 aliphatic carbocycles. The molecule has 2 aromatic carbocycles. The van der Waals surface area contributed by atoms with E-state index in [1.807, 2.05) is 47.2 Å². The number of nitrogens with zero attached hydrogens (tertiary/aromatic N) is 4. The Hall–Kier alpha value is -3.45. The van der Waals surface area contributed by atoms with Gasteiger partial charge in [0.05, 0.1) is 6.33 Å². The Bertz CT molecular complexity index is 1060. The number of nitrogens with one attached hydrogen (secondary N) is 1. The molecule has 0 aliphatic heterocycles. The summed E-state index contributed by atoms with van der Waals surface area (Å²) in [5.74, 6) is -0.136. The topological polar surface area (TPSA) is 85.8 Å². The van der Waals surface area contributed by atoms with E-state index in [1.165, 1.54) is 0 Å². The minimum absolute atomic E-state index is 0.0774. The van der Waals surface area contributed by atoms with Crippen LogP contribution in [0.25, 0.3) is 11.4 Å². The number of hydrogen-bond donors (Lipinski definition) is 1. The van der Waals surface area contributed by atoms with E-state index in [0.717, 1.165) is 23.2 Å². The highest BCUT2D eigenvalue weighted by molar-refractivity contribution is 6.30. The number of carbonyl (C=O) groups is 1. The summed E-state index contributed by atoms with van der Waals surface area (Å²) in [6, 6.07) is 15.0. The van der Waals surface area contributed by atoms with Crippen LogP contribution in [-0.4, -0.2) is 25.6 Å². The van der Waals surface area contributed by atoms with E-state index in [0.29, 0.717) is 17.4 Å². The Kier molecular flexibility index (Phi) is 5.16. The van der Waals surface area contributed by atoms with E-state index in [9.17, 15) is 4.79 Å². The molecule has 2 aromatic heterocycles. The van der Waals surface area contributed by atoms with Gasteiger partial charge in [-0.25, -0.2) is 4.98 Å². The lowest BCUT2D eigenvalue weighted by Gasteiger charge is -2.03. The van der Waals surface area contributed by atoms with Crippen LogP contribution in [0.15, 0.2) is 71.8 Å². The predicted molar refractivity (Wildman–Crippen MR) is 104 cm³/mol. The van der Waals surface area contributed by atoms with Crippen LogP contribution in [0.2, 0.25) is 5.02 Å². The molecule has 140 valence electrons. The summed E-state index contributed by atoms with van der Waals surface area (Å²) in [6.07, 6.45) is 5.41. The number of hydrogen-bond acceptors (Lipinski definition) is 5. The molecule has 0 saturated carbocycles. The minimum Gasteiger partial charge on any atom is -0.344 e. The van der Waals surface area contributed by atoms with Crippen molar-refractivity contribution in [2.45, 2.75) is 13.1 Å². The zero-order valence-corrected chi connectivity index (χ0v) is 15.5. The average Bonchev–Trinajstić information content (AvgIpc) is 3.40. The van der Waals surface area contributed by atoms with Gasteiger partial charge in [0.25, 0.3) is 0 Å². The van der Waals surface area contributed by atoms with E-state index < -0.39 is 5.91 Å². The summed E-state index contributed by atoms with van der Waals surface area (Å²) in [5, 5.41) is 7.29. The fourth-order valence-corrected chi connectivity index (χ4v) is 2.77. The maximum atomic E-state index is 12.2. The molecule has 28 heavy (non-hydrogen) atoms. The second-order valence-corrected chi connectivity index (χ2v) is 6.60. The Labute approximate surface area is 166 Å². The third kappa shape index (κ3) is 4.27. The molecule has 0 radical (unpaired) electrons. The summed E-state index contributed by atoms with van der Waals surface area (Å²) < 4.78 is 7.08. The third-order valence-electron chi connectivity index (χ3n) is 4.12. The molecule has 0 fully saturated rings. The minimum atomic E-state index is -0.426. The highest BCUT2D eigenvalue weighted by Gasteiger charge is 2.16. The lowest BCUT2D eigenvalue weighted by Crippen LogP contribution is -2.23. The number of rotatable bonds is 6. The van der Waals surface area contributed by atoms with Gasteiger partial charge in [0.2, 0.25) is 5.82 Å². The summed E-state index contributed by atoms with van der Waals surface area (Å²) in [5.41, 5.74) is 2.81. The first-order valence-electron chi connectivity index (χ1n) is 8.59. The molecule has 8 heteroatoms. The van der Waals surface area contributed by atoms with Crippen molar-refractivity contribution in [1.29, 1.82) is 0 Å². The highest BCUT2D eigenvalue weighted by Crippen LogP contribution is 2.17. The SMILES string of the molecule is O=C(NCc1ccc(Cl)cc1)c1nc(-c2ccc(Cn3ccnc3)cc2)no1. The Morgan fingerprint density at radius 3 is 2.54 bits per heavy atom. The predicted octanol–water partition coefficient (Wildman–Crippen LogP) is 3.56. The van der Waals surface area contributed by atoms with Crippen LogP contribution in [0, 0.1) is 0 Å². The van der Waals surface area contributed by atoms with Gasteiger partial charge in [0, 0.05) is 36.1 Å². The lowest BCUT2D eigenvalue weighted by molar-refractivity contribution is 0.0907. The van der Waals surface area contributed by atoms with E-state index in [4.69, 9.17) is 16.1 Å². The molecule has 1 amide bonds. The number of benzene rings is 2. The van der Waals surface area contributed by atoms with Crippen LogP contribution in [0.4, 0.5) is 0 Å². The fraction of sp³-hybridized carbons (Fsp3) is 0.100. The van der Waals surface area contributed by atoms with Crippen LogP contribution in [0.1, 0.15) is 21.8 Å². The number of amides is 1. The summed E-state index contributed by atoms with van der Waals surface area (Å²) in [4.78, 5) is 20.4. The highest BCUT2D eigenvalue weighted by atomic mass is 35.5. The zero-order valence-electron chi connectivity index (χ0n) is 14.7. The molecule has 0 saturated heterocycles. The largest absolute Gasteiger partial charge is 0.344 e. The molecule has 1 N–H and O–H groups in total. The smallest absolute Gasteiger partial charge is 0.316 e. The van der Waals surface area contributed by atoms with Crippen LogP contribution >= 0.6 is 11.6 Å². The molecule has 0 atom stereocenters. The first-order chi connectivity index (χ1) is 13.7. The van der Waals surface area contributed by atoms with E-state index >= 15 is 0 Å². The van der Waals surface area contributed by atoms with Crippen LogP contribution in [-0.2, 0) is 13.1 Å². The van der Waals surface area contributed by atoms with Gasteiger partial charge in [-0.05, 0) is 23.3 Å². The first kappa shape index (κ1) is 17.9. The number of halogens is 1. The van der Waals surface area contributed by atoms with Gasteiger partial charge in [-0.15, -0.1) is 0 Å². The molecular formula is C20H16ClN5O2. The first-order valence-corrected chi connectivity index (χ1v) is 8.96. The quantitative estimate of drug-likeness (QED) is 0.541. The number of carbonyl (C=O) groups excluding carboxylic acids is 1. The van der Waals surface area contributed by atoms with Crippen molar-refractivity contribution in [2.75, 3.05) is 0 Å². The maximum Gasteiger partial charge on any atom is 0.316 e. The molecule has 0 bridgehead atoms. The summed E-state index contributed by atoms with van der Waals surface area (Å²) in [7, 11) is 0. The van der Waals surface area contributed by atoms with Gasteiger partial charge in [-0.1, -0.05) is 53.2 Å². The normalized spacial score (nSPS) is 10.8. The molecule has 0 unspecified atom stereocenters. The van der Waals surface area contributed by atoms with Gasteiger partial charge >= 0.3 is 11.8 Å².